The Labute approximate surface area is 107 Å². The Balaban J connectivity index is 2.23. The monoisotopic (exact) mass is 249 g/mol. The van der Waals surface area contributed by atoms with E-state index >= 15 is 0 Å². The van der Waals surface area contributed by atoms with E-state index in [9.17, 15) is 9.90 Å². The number of carboxylic acid groups (broad SMARTS) is 1. The molecule has 0 amide bonds. The summed E-state index contributed by atoms with van der Waals surface area (Å²) in [5.41, 5.74) is 7.56. The molecule has 1 aromatic carbocycles. The molecule has 0 saturated carbocycles. The quantitative estimate of drug-likeness (QED) is 0.851. The predicted molar refractivity (Wildman–Crippen MR) is 68.3 cm³/mol. The van der Waals surface area contributed by atoms with E-state index in [1.165, 1.54) is 0 Å². The molecule has 1 aliphatic rings. The largest absolute Gasteiger partial charge is 0.481 e. The maximum atomic E-state index is 11.2. The van der Waals surface area contributed by atoms with Crippen molar-refractivity contribution in [2.24, 2.45) is 11.7 Å². The third-order valence-corrected chi connectivity index (χ3v) is 3.50. The Morgan fingerprint density at radius 2 is 1.89 bits per heavy atom. The summed E-state index contributed by atoms with van der Waals surface area (Å²) in [7, 11) is 0. The van der Waals surface area contributed by atoms with E-state index in [-0.39, 0.29) is 5.92 Å². The first kappa shape index (κ1) is 13.1. The first-order valence-corrected chi connectivity index (χ1v) is 6.14. The highest BCUT2D eigenvalue weighted by molar-refractivity contribution is 5.76. The van der Waals surface area contributed by atoms with Crippen molar-refractivity contribution in [1.29, 1.82) is 0 Å². The predicted octanol–water partition coefficient (Wildman–Crippen LogP) is 1.69. The molecule has 0 radical (unpaired) electrons. The van der Waals surface area contributed by atoms with Gasteiger partial charge in [-0.1, -0.05) is 38.1 Å². The summed E-state index contributed by atoms with van der Waals surface area (Å²) in [4.78, 5) is 11.2. The number of hydrogen-bond acceptors (Lipinski definition) is 3. The van der Waals surface area contributed by atoms with Gasteiger partial charge in [-0.05, 0) is 17.0 Å². The topological polar surface area (TPSA) is 72.5 Å². The highest BCUT2D eigenvalue weighted by Crippen LogP contribution is 2.30. The summed E-state index contributed by atoms with van der Waals surface area (Å²) < 4.78 is 5.13. The standard InChI is InChI=1S/C14H19NO3/c1-9(2)12(13(16)17)10-3-5-11(6-4-10)14(15)7-18-8-14/h3-6,9,12H,7-8,15H2,1-2H3,(H,16,17). The molecule has 1 fully saturated rings. The zero-order valence-corrected chi connectivity index (χ0v) is 10.7. The average Bonchev–Trinajstić information content (AvgIpc) is 2.26. The number of aliphatic carboxylic acids is 1. The van der Waals surface area contributed by atoms with Crippen LogP contribution in [0.1, 0.15) is 30.9 Å². The third kappa shape index (κ3) is 2.26. The molecule has 1 aromatic rings. The van der Waals surface area contributed by atoms with Crippen LogP contribution in [0.15, 0.2) is 24.3 Å². The maximum absolute atomic E-state index is 11.2. The lowest BCUT2D eigenvalue weighted by molar-refractivity contribution is -0.139. The van der Waals surface area contributed by atoms with Gasteiger partial charge in [0.05, 0.1) is 24.7 Å². The molecule has 98 valence electrons. The molecule has 1 unspecified atom stereocenters. The number of carboxylic acids is 1. The third-order valence-electron chi connectivity index (χ3n) is 3.50. The highest BCUT2D eigenvalue weighted by Gasteiger charge is 2.36. The molecule has 3 N–H and O–H groups in total. The fourth-order valence-electron chi connectivity index (χ4n) is 2.32. The van der Waals surface area contributed by atoms with Gasteiger partial charge in [-0.3, -0.25) is 4.79 Å². The Bertz CT molecular complexity index is 435. The van der Waals surface area contributed by atoms with Gasteiger partial charge in [0.2, 0.25) is 0 Å². The van der Waals surface area contributed by atoms with Gasteiger partial charge in [0.15, 0.2) is 0 Å². The summed E-state index contributed by atoms with van der Waals surface area (Å²) in [6.07, 6.45) is 0. The Hall–Kier alpha value is -1.39. The van der Waals surface area contributed by atoms with Gasteiger partial charge in [-0.2, -0.15) is 0 Å². The van der Waals surface area contributed by atoms with E-state index in [1.54, 1.807) is 0 Å². The van der Waals surface area contributed by atoms with Crippen LogP contribution < -0.4 is 5.73 Å². The lowest BCUT2D eigenvalue weighted by atomic mass is 9.84. The molecule has 1 saturated heterocycles. The lowest BCUT2D eigenvalue weighted by Gasteiger charge is -2.38. The lowest BCUT2D eigenvalue weighted by Crippen LogP contribution is -2.54. The van der Waals surface area contributed by atoms with Crippen LogP contribution >= 0.6 is 0 Å². The molecule has 0 bridgehead atoms. The molecule has 0 aromatic heterocycles. The van der Waals surface area contributed by atoms with Crippen molar-refractivity contribution < 1.29 is 14.6 Å². The summed E-state index contributed by atoms with van der Waals surface area (Å²) in [5, 5.41) is 9.24. The van der Waals surface area contributed by atoms with E-state index in [4.69, 9.17) is 10.5 Å². The fourth-order valence-corrected chi connectivity index (χ4v) is 2.32. The first-order valence-electron chi connectivity index (χ1n) is 6.14. The molecule has 0 spiro atoms. The molecule has 4 nitrogen and oxygen atoms in total. The van der Waals surface area contributed by atoms with E-state index in [2.05, 4.69) is 0 Å². The summed E-state index contributed by atoms with van der Waals surface area (Å²) in [6, 6.07) is 7.55. The minimum atomic E-state index is -0.785. The molecular weight excluding hydrogens is 230 g/mol. The second-order valence-corrected chi connectivity index (χ2v) is 5.33. The van der Waals surface area contributed by atoms with Crippen LogP contribution in [0.25, 0.3) is 0 Å². The zero-order chi connectivity index (χ0) is 13.3. The molecule has 4 heteroatoms. The zero-order valence-electron chi connectivity index (χ0n) is 10.7. The molecule has 1 heterocycles. The van der Waals surface area contributed by atoms with Crippen molar-refractivity contribution in [3.8, 4) is 0 Å². The average molecular weight is 249 g/mol. The molecule has 18 heavy (non-hydrogen) atoms. The van der Waals surface area contributed by atoms with Crippen LogP contribution in [0, 0.1) is 5.92 Å². The van der Waals surface area contributed by atoms with E-state index in [0.29, 0.717) is 13.2 Å². The van der Waals surface area contributed by atoms with Gasteiger partial charge in [-0.25, -0.2) is 0 Å². The normalized spacial score (nSPS) is 19.3. The smallest absolute Gasteiger partial charge is 0.311 e. The Morgan fingerprint density at radius 1 is 1.33 bits per heavy atom. The van der Waals surface area contributed by atoms with Crippen molar-refractivity contribution in [1.82, 2.24) is 0 Å². The minimum absolute atomic E-state index is 0.0622. The highest BCUT2D eigenvalue weighted by atomic mass is 16.5. The number of benzene rings is 1. The van der Waals surface area contributed by atoms with Crippen LogP contribution in [-0.4, -0.2) is 24.3 Å². The van der Waals surface area contributed by atoms with Gasteiger partial charge >= 0.3 is 5.97 Å². The van der Waals surface area contributed by atoms with Crippen molar-refractivity contribution in [2.75, 3.05) is 13.2 Å². The molecule has 1 aliphatic heterocycles. The van der Waals surface area contributed by atoms with Gasteiger partial charge in [0.1, 0.15) is 0 Å². The maximum Gasteiger partial charge on any atom is 0.311 e. The van der Waals surface area contributed by atoms with Gasteiger partial charge < -0.3 is 15.6 Å². The second-order valence-electron chi connectivity index (χ2n) is 5.33. The number of rotatable bonds is 4. The van der Waals surface area contributed by atoms with Crippen LogP contribution in [0.5, 0.6) is 0 Å². The van der Waals surface area contributed by atoms with Crippen molar-refractivity contribution in [3.05, 3.63) is 35.4 Å². The van der Waals surface area contributed by atoms with Gasteiger partial charge in [0, 0.05) is 0 Å². The van der Waals surface area contributed by atoms with E-state index < -0.39 is 17.4 Å². The summed E-state index contributed by atoms with van der Waals surface area (Å²) in [6.45, 7) is 4.88. The number of nitrogens with two attached hydrogens (primary N) is 1. The van der Waals surface area contributed by atoms with Crippen LogP contribution in [0.2, 0.25) is 0 Å². The SMILES string of the molecule is CC(C)C(C(=O)O)c1ccc(C2(N)COC2)cc1. The van der Waals surface area contributed by atoms with Gasteiger partial charge in [0.25, 0.3) is 0 Å². The van der Waals surface area contributed by atoms with Crippen molar-refractivity contribution in [2.45, 2.75) is 25.3 Å². The van der Waals surface area contributed by atoms with E-state index in [0.717, 1.165) is 11.1 Å². The number of hydrogen-bond donors (Lipinski definition) is 2. The minimum Gasteiger partial charge on any atom is -0.481 e. The Kier molecular flexibility index (Phi) is 3.41. The van der Waals surface area contributed by atoms with Crippen molar-refractivity contribution in [3.63, 3.8) is 0 Å². The van der Waals surface area contributed by atoms with Gasteiger partial charge in [-0.15, -0.1) is 0 Å². The van der Waals surface area contributed by atoms with Crippen molar-refractivity contribution >= 4 is 5.97 Å². The first-order chi connectivity index (χ1) is 8.44. The fraction of sp³-hybridized carbons (Fsp3) is 0.500. The molecular formula is C14H19NO3. The number of carbonyl (C=O) groups is 1. The molecule has 1 atom stereocenters. The van der Waals surface area contributed by atoms with Crippen LogP contribution in [-0.2, 0) is 15.1 Å². The summed E-state index contributed by atoms with van der Waals surface area (Å²) >= 11 is 0. The molecule has 0 aliphatic carbocycles. The van der Waals surface area contributed by atoms with Crippen LogP contribution in [0.4, 0.5) is 0 Å². The van der Waals surface area contributed by atoms with Crippen LogP contribution in [0.3, 0.4) is 0 Å². The Morgan fingerprint density at radius 3 is 2.22 bits per heavy atom. The molecule has 2 rings (SSSR count). The second kappa shape index (κ2) is 4.71. The van der Waals surface area contributed by atoms with E-state index in [1.807, 2.05) is 38.1 Å². The summed E-state index contributed by atoms with van der Waals surface area (Å²) in [5.74, 6) is -1.19. The number of ether oxygens (including phenoxy) is 1.